The van der Waals surface area contributed by atoms with Gasteiger partial charge in [0, 0.05) is 0 Å². The molecule has 0 unspecified atom stereocenters. The first-order valence-electron chi connectivity index (χ1n) is 4.84. The summed E-state index contributed by atoms with van der Waals surface area (Å²) in [5, 5.41) is 0. The summed E-state index contributed by atoms with van der Waals surface area (Å²) in [6, 6.07) is 0. The van der Waals surface area contributed by atoms with Crippen LogP contribution in [0.2, 0.25) is 0 Å². The fraction of sp³-hybridized carbons (Fsp3) is 0.818. The van der Waals surface area contributed by atoms with Crippen molar-refractivity contribution < 1.29 is 0 Å². The van der Waals surface area contributed by atoms with E-state index in [1.54, 1.807) is 0 Å². The summed E-state index contributed by atoms with van der Waals surface area (Å²) in [5.74, 6) is 1.51. The Hall–Kier alpha value is -0.260. The van der Waals surface area contributed by atoms with Crippen molar-refractivity contribution in [1.82, 2.24) is 0 Å². The molecule has 0 amide bonds. The van der Waals surface area contributed by atoms with Crippen LogP contribution in [0.1, 0.15) is 46.5 Å². The molecule has 0 N–H and O–H groups in total. The van der Waals surface area contributed by atoms with E-state index in [1.807, 2.05) is 0 Å². The Morgan fingerprint density at radius 2 is 1.91 bits per heavy atom. The zero-order valence-corrected chi connectivity index (χ0v) is 8.27. The van der Waals surface area contributed by atoms with Crippen LogP contribution in [0.25, 0.3) is 0 Å². The van der Waals surface area contributed by atoms with Crippen LogP contribution in [0.3, 0.4) is 0 Å². The number of unbranched alkanes of at least 4 members (excludes halogenated alkanes) is 2. The SMILES string of the molecule is C=C[C@@H](C)[C@@H](C)CCCCC. The van der Waals surface area contributed by atoms with E-state index in [-0.39, 0.29) is 0 Å². The number of hydrogen-bond acceptors (Lipinski definition) is 0. The minimum Gasteiger partial charge on any atom is -0.103 e. The second kappa shape index (κ2) is 6.45. The molecule has 0 fully saturated rings. The third-order valence-electron chi connectivity index (χ3n) is 2.53. The maximum atomic E-state index is 3.81. The minimum atomic E-state index is 0.687. The maximum absolute atomic E-state index is 3.81. The molecule has 0 bridgehead atoms. The second-order valence-electron chi connectivity index (χ2n) is 3.57. The summed E-state index contributed by atoms with van der Waals surface area (Å²) in [4.78, 5) is 0. The lowest BCUT2D eigenvalue weighted by atomic mass is 9.91. The predicted molar refractivity (Wildman–Crippen MR) is 52.7 cm³/mol. The molecule has 0 saturated heterocycles. The molecule has 11 heavy (non-hydrogen) atoms. The van der Waals surface area contributed by atoms with E-state index < -0.39 is 0 Å². The van der Waals surface area contributed by atoms with Gasteiger partial charge >= 0.3 is 0 Å². The van der Waals surface area contributed by atoms with Gasteiger partial charge in [-0.1, -0.05) is 52.5 Å². The van der Waals surface area contributed by atoms with Crippen molar-refractivity contribution in [2.45, 2.75) is 46.5 Å². The van der Waals surface area contributed by atoms with E-state index in [0.29, 0.717) is 5.92 Å². The topological polar surface area (TPSA) is 0 Å². The smallest absolute Gasteiger partial charge is 0.0239 e. The number of hydrogen-bond donors (Lipinski definition) is 0. The molecule has 0 rings (SSSR count). The summed E-state index contributed by atoms with van der Waals surface area (Å²) >= 11 is 0. The normalized spacial score (nSPS) is 15.9. The molecule has 0 aliphatic heterocycles. The third-order valence-corrected chi connectivity index (χ3v) is 2.53. The number of rotatable bonds is 6. The van der Waals surface area contributed by atoms with Gasteiger partial charge in [0.25, 0.3) is 0 Å². The Morgan fingerprint density at radius 1 is 1.27 bits per heavy atom. The second-order valence-corrected chi connectivity index (χ2v) is 3.57. The largest absolute Gasteiger partial charge is 0.103 e. The molecular formula is C11H22. The molecule has 2 atom stereocenters. The van der Waals surface area contributed by atoms with E-state index in [9.17, 15) is 0 Å². The average molecular weight is 154 g/mol. The van der Waals surface area contributed by atoms with Gasteiger partial charge in [0.1, 0.15) is 0 Å². The first-order valence-corrected chi connectivity index (χ1v) is 4.84. The Kier molecular flexibility index (Phi) is 6.30. The summed E-state index contributed by atoms with van der Waals surface area (Å²) in [6.45, 7) is 10.6. The van der Waals surface area contributed by atoms with Crippen LogP contribution in [0.5, 0.6) is 0 Å². The Labute approximate surface area is 71.7 Å². The molecule has 0 nitrogen and oxygen atoms in total. The van der Waals surface area contributed by atoms with Gasteiger partial charge in [-0.25, -0.2) is 0 Å². The number of allylic oxidation sites excluding steroid dienone is 1. The first-order chi connectivity index (χ1) is 5.22. The summed E-state index contributed by atoms with van der Waals surface area (Å²) < 4.78 is 0. The lowest BCUT2D eigenvalue weighted by Gasteiger charge is -2.15. The zero-order chi connectivity index (χ0) is 8.69. The van der Waals surface area contributed by atoms with Crippen molar-refractivity contribution in [1.29, 1.82) is 0 Å². The minimum absolute atomic E-state index is 0.687. The Morgan fingerprint density at radius 3 is 2.36 bits per heavy atom. The van der Waals surface area contributed by atoms with Crippen LogP contribution < -0.4 is 0 Å². The average Bonchev–Trinajstić information content (AvgIpc) is 2.03. The van der Waals surface area contributed by atoms with E-state index in [4.69, 9.17) is 0 Å². The molecule has 0 aromatic rings. The van der Waals surface area contributed by atoms with Crippen molar-refractivity contribution in [3.05, 3.63) is 12.7 Å². The van der Waals surface area contributed by atoms with Crippen molar-refractivity contribution in [2.75, 3.05) is 0 Å². The van der Waals surface area contributed by atoms with Crippen LogP contribution in [-0.4, -0.2) is 0 Å². The molecule has 0 aliphatic rings. The Balaban J connectivity index is 3.35. The zero-order valence-electron chi connectivity index (χ0n) is 8.27. The van der Waals surface area contributed by atoms with Gasteiger partial charge in [-0.2, -0.15) is 0 Å². The molecular weight excluding hydrogens is 132 g/mol. The summed E-state index contributed by atoms with van der Waals surface area (Å²) in [5.41, 5.74) is 0. The highest BCUT2D eigenvalue weighted by Gasteiger charge is 2.06. The van der Waals surface area contributed by atoms with E-state index >= 15 is 0 Å². The predicted octanol–water partition coefficient (Wildman–Crippen LogP) is 4.02. The van der Waals surface area contributed by atoms with Crippen LogP contribution in [-0.2, 0) is 0 Å². The van der Waals surface area contributed by atoms with Crippen molar-refractivity contribution in [3.8, 4) is 0 Å². The monoisotopic (exact) mass is 154 g/mol. The Bertz CT molecular complexity index is 94.2. The van der Waals surface area contributed by atoms with Gasteiger partial charge in [-0.05, 0) is 11.8 Å². The van der Waals surface area contributed by atoms with Gasteiger partial charge in [0.15, 0.2) is 0 Å². The fourth-order valence-electron chi connectivity index (χ4n) is 1.21. The van der Waals surface area contributed by atoms with E-state index in [1.165, 1.54) is 25.7 Å². The summed E-state index contributed by atoms with van der Waals surface area (Å²) in [6.07, 6.45) is 7.52. The van der Waals surface area contributed by atoms with Crippen molar-refractivity contribution in [2.24, 2.45) is 11.8 Å². The lowest BCUT2D eigenvalue weighted by molar-refractivity contribution is 0.409. The molecule has 66 valence electrons. The molecule has 0 spiro atoms. The highest BCUT2D eigenvalue weighted by molar-refractivity contribution is 4.78. The molecule has 0 aliphatic carbocycles. The van der Waals surface area contributed by atoms with E-state index in [2.05, 4.69) is 33.4 Å². The molecule has 0 heterocycles. The molecule has 0 radical (unpaired) electrons. The van der Waals surface area contributed by atoms with E-state index in [0.717, 1.165) is 5.92 Å². The quantitative estimate of drug-likeness (QED) is 0.400. The molecule has 0 aromatic carbocycles. The maximum Gasteiger partial charge on any atom is -0.0239 e. The fourth-order valence-corrected chi connectivity index (χ4v) is 1.21. The van der Waals surface area contributed by atoms with Crippen LogP contribution in [0, 0.1) is 11.8 Å². The summed E-state index contributed by atoms with van der Waals surface area (Å²) in [7, 11) is 0. The highest BCUT2D eigenvalue weighted by atomic mass is 14.1. The molecule has 0 aromatic heterocycles. The lowest BCUT2D eigenvalue weighted by Crippen LogP contribution is -2.04. The molecule has 0 saturated carbocycles. The van der Waals surface area contributed by atoms with Gasteiger partial charge in [-0.15, -0.1) is 6.58 Å². The van der Waals surface area contributed by atoms with Crippen LogP contribution in [0.4, 0.5) is 0 Å². The van der Waals surface area contributed by atoms with Crippen LogP contribution in [0.15, 0.2) is 12.7 Å². The van der Waals surface area contributed by atoms with Crippen molar-refractivity contribution in [3.63, 3.8) is 0 Å². The highest BCUT2D eigenvalue weighted by Crippen LogP contribution is 2.18. The van der Waals surface area contributed by atoms with Crippen molar-refractivity contribution >= 4 is 0 Å². The first kappa shape index (κ1) is 10.7. The standard InChI is InChI=1S/C11H22/c1-5-7-8-9-11(4)10(3)6-2/h6,10-11H,2,5,7-9H2,1,3-4H3/t10-,11+/m1/s1. The van der Waals surface area contributed by atoms with Gasteiger partial charge < -0.3 is 0 Å². The van der Waals surface area contributed by atoms with Gasteiger partial charge in [0.05, 0.1) is 0 Å². The van der Waals surface area contributed by atoms with Gasteiger partial charge in [-0.3, -0.25) is 0 Å². The van der Waals surface area contributed by atoms with Crippen LogP contribution >= 0.6 is 0 Å². The van der Waals surface area contributed by atoms with Gasteiger partial charge in [0.2, 0.25) is 0 Å². The third kappa shape index (κ3) is 5.06. The molecule has 0 heteroatoms.